The number of nitrogens with zero attached hydrogens (tertiary/aromatic N) is 3. The fourth-order valence-corrected chi connectivity index (χ4v) is 5.35. The van der Waals surface area contributed by atoms with E-state index in [2.05, 4.69) is 45.5 Å². The number of nitrogens with one attached hydrogen (secondary N) is 1. The van der Waals surface area contributed by atoms with Gasteiger partial charge in [0.05, 0.1) is 12.2 Å². The molecule has 6 nitrogen and oxygen atoms in total. The Morgan fingerprint density at radius 2 is 1.85 bits per heavy atom. The van der Waals surface area contributed by atoms with Gasteiger partial charge in [0.2, 0.25) is 11.8 Å². The summed E-state index contributed by atoms with van der Waals surface area (Å²) < 4.78 is 0. The van der Waals surface area contributed by atoms with Crippen molar-refractivity contribution in [1.82, 2.24) is 9.88 Å². The van der Waals surface area contributed by atoms with Crippen molar-refractivity contribution < 1.29 is 9.59 Å². The van der Waals surface area contributed by atoms with Gasteiger partial charge in [-0.1, -0.05) is 44.2 Å². The van der Waals surface area contributed by atoms with E-state index >= 15 is 0 Å². The Morgan fingerprint density at radius 1 is 1.06 bits per heavy atom. The predicted octanol–water partition coefficient (Wildman–Crippen LogP) is 4.35. The molecule has 0 aliphatic carbocycles. The summed E-state index contributed by atoms with van der Waals surface area (Å²) in [6.45, 7) is 6.65. The molecule has 3 aromatic rings. The van der Waals surface area contributed by atoms with E-state index in [0.717, 1.165) is 49.4 Å². The zero-order chi connectivity index (χ0) is 22.9. The Bertz CT molecular complexity index is 1200. The number of carbonyl (C=O) groups excluding carboxylic acids is 2. The number of anilines is 2. The Kier molecular flexibility index (Phi) is 6.00. The average Bonchev–Trinajstić information content (AvgIpc) is 3.45. The van der Waals surface area contributed by atoms with Crippen LogP contribution < -0.4 is 10.2 Å². The highest BCUT2D eigenvalue weighted by molar-refractivity contribution is 7.14. The van der Waals surface area contributed by atoms with Gasteiger partial charge in [-0.3, -0.25) is 14.5 Å². The molecule has 7 heteroatoms. The molecule has 2 aliphatic heterocycles. The number of amides is 2. The van der Waals surface area contributed by atoms with Crippen LogP contribution in [-0.2, 0) is 29.0 Å². The molecule has 0 spiro atoms. The lowest BCUT2D eigenvalue weighted by Crippen LogP contribution is -2.37. The standard InChI is InChI=1S/C26H28N4O2S/c1-17(2)25(32)30-12-10-20-13-19(7-8-23(20)30)22-16-33-26(27-22)28-24(31)15-29-11-9-18-5-3-4-6-21(18)14-29/h3-8,13,16-17H,9-12,14-15H2,1-2H3,(H,27,28,31). The molecular weight excluding hydrogens is 432 g/mol. The molecule has 33 heavy (non-hydrogen) atoms. The van der Waals surface area contributed by atoms with Gasteiger partial charge >= 0.3 is 0 Å². The highest BCUT2D eigenvalue weighted by atomic mass is 32.1. The molecule has 0 saturated heterocycles. The van der Waals surface area contributed by atoms with Crippen LogP contribution >= 0.6 is 11.3 Å². The number of hydrogen-bond donors (Lipinski definition) is 1. The first-order valence-electron chi connectivity index (χ1n) is 11.5. The Morgan fingerprint density at radius 3 is 2.67 bits per heavy atom. The highest BCUT2D eigenvalue weighted by Crippen LogP contribution is 2.34. The summed E-state index contributed by atoms with van der Waals surface area (Å²) >= 11 is 1.44. The summed E-state index contributed by atoms with van der Waals surface area (Å²) in [7, 11) is 0. The van der Waals surface area contributed by atoms with Crippen molar-refractivity contribution in [3.05, 3.63) is 64.5 Å². The van der Waals surface area contributed by atoms with Crippen molar-refractivity contribution in [1.29, 1.82) is 0 Å². The van der Waals surface area contributed by atoms with Crippen LogP contribution in [0.4, 0.5) is 10.8 Å². The van der Waals surface area contributed by atoms with Crippen molar-refractivity contribution >= 4 is 34.0 Å². The summed E-state index contributed by atoms with van der Waals surface area (Å²) in [5.74, 6) is 0.115. The third-order valence-electron chi connectivity index (χ3n) is 6.36. The molecule has 2 amide bonds. The molecule has 3 heterocycles. The number of benzene rings is 2. The third-order valence-corrected chi connectivity index (χ3v) is 7.12. The molecule has 0 bridgehead atoms. The van der Waals surface area contributed by atoms with Crippen LogP contribution in [0, 0.1) is 5.92 Å². The topological polar surface area (TPSA) is 65.5 Å². The maximum atomic E-state index is 12.6. The SMILES string of the molecule is CC(C)C(=O)N1CCc2cc(-c3csc(NC(=O)CN4CCc5ccccc5C4)n3)ccc21. The van der Waals surface area contributed by atoms with E-state index in [1.807, 2.05) is 36.3 Å². The summed E-state index contributed by atoms with van der Waals surface area (Å²) in [5, 5.41) is 5.55. The first-order chi connectivity index (χ1) is 16.0. The zero-order valence-electron chi connectivity index (χ0n) is 19.0. The Hall–Kier alpha value is -3.03. The van der Waals surface area contributed by atoms with Crippen molar-refractivity contribution in [2.24, 2.45) is 5.92 Å². The Balaban J connectivity index is 1.22. The second-order valence-electron chi connectivity index (χ2n) is 9.05. The van der Waals surface area contributed by atoms with E-state index in [1.54, 1.807) is 0 Å². The fourth-order valence-electron chi connectivity index (χ4n) is 4.62. The van der Waals surface area contributed by atoms with Crippen LogP contribution in [-0.4, -0.2) is 41.3 Å². The molecule has 0 atom stereocenters. The van der Waals surface area contributed by atoms with Crippen molar-refractivity contribution in [2.75, 3.05) is 29.9 Å². The number of rotatable bonds is 5. The van der Waals surface area contributed by atoms with Gasteiger partial charge in [0.15, 0.2) is 5.13 Å². The molecule has 2 aromatic carbocycles. The van der Waals surface area contributed by atoms with E-state index < -0.39 is 0 Å². The second kappa shape index (κ2) is 9.08. The molecule has 0 radical (unpaired) electrons. The quantitative estimate of drug-likeness (QED) is 0.615. The van der Waals surface area contributed by atoms with Gasteiger partial charge in [-0.05, 0) is 41.7 Å². The van der Waals surface area contributed by atoms with Crippen LogP contribution in [0.25, 0.3) is 11.3 Å². The monoisotopic (exact) mass is 460 g/mol. The van der Waals surface area contributed by atoms with E-state index in [4.69, 9.17) is 0 Å². The van der Waals surface area contributed by atoms with Crippen LogP contribution in [0.3, 0.4) is 0 Å². The summed E-state index contributed by atoms with van der Waals surface area (Å²) in [6, 6.07) is 14.6. The lowest BCUT2D eigenvalue weighted by molar-refractivity contribution is -0.121. The maximum Gasteiger partial charge on any atom is 0.240 e. The molecule has 5 rings (SSSR count). The molecule has 1 aromatic heterocycles. The van der Waals surface area contributed by atoms with Gasteiger partial charge in [-0.15, -0.1) is 11.3 Å². The molecular formula is C26H28N4O2S. The van der Waals surface area contributed by atoms with E-state index in [9.17, 15) is 9.59 Å². The van der Waals surface area contributed by atoms with Gasteiger partial charge in [0.25, 0.3) is 0 Å². The lowest BCUT2D eigenvalue weighted by atomic mass is 10.00. The molecule has 2 aliphatic rings. The first kappa shape index (κ1) is 21.8. The van der Waals surface area contributed by atoms with Gasteiger partial charge in [0, 0.05) is 42.2 Å². The minimum absolute atomic E-state index is 0.0139. The van der Waals surface area contributed by atoms with Crippen LogP contribution in [0.15, 0.2) is 47.8 Å². The van der Waals surface area contributed by atoms with Crippen LogP contribution in [0.5, 0.6) is 0 Å². The number of thiazole rings is 1. The molecule has 170 valence electrons. The van der Waals surface area contributed by atoms with Crippen molar-refractivity contribution in [2.45, 2.75) is 33.2 Å². The van der Waals surface area contributed by atoms with Gasteiger partial charge in [-0.2, -0.15) is 0 Å². The summed E-state index contributed by atoms with van der Waals surface area (Å²) in [6.07, 6.45) is 1.83. The Labute approximate surface area is 198 Å². The smallest absolute Gasteiger partial charge is 0.240 e. The number of hydrogen-bond acceptors (Lipinski definition) is 5. The second-order valence-corrected chi connectivity index (χ2v) is 9.91. The first-order valence-corrected chi connectivity index (χ1v) is 12.3. The number of aromatic nitrogens is 1. The van der Waals surface area contributed by atoms with Crippen LogP contribution in [0.1, 0.15) is 30.5 Å². The third kappa shape index (κ3) is 4.56. The number of carbonyl (C=O) groups is 2. The molecule has 1 N–H and O–H groups in total. The van der Waals surface area contributed by atoms with Crippen molar-refractivity contribution in [3.8, 4) is 11.3 Å². The maximum absolute atomic E-state index is 12.6. The van der Waals surface area contributed by atoms with E-state index in [0.29, 0.717) is 11.7 Å². The van der Waals surface area contributed by atoms with Crippen molar-refractivity contribution in [3.63, 3.8) is 0 Å². The van der Waals surface area contributed by atoms with Gasteiger partial charge in [-0.25, -0.2) is 4.98 Å². The fraction of sp³-hybridized carbons (Fsp3) is 0.346. The van der Waals surface area contributed by atoms with Gasteiger partial charge in [0.1, 0.15) is 0 Å². The summed E-state index contributed by atoms with van der Waals surface area (Å²) in [5.41, 5.74) is 6.72. The zero-order valence-corrected chi connectivity index (χ0v) is 19.8. The average molecular weight is 461 g/mol. The molecule has 0 unspecified atom stereocenters. The largest absolute Gasteiger partial charge is 0.312 e. The highest BCUT2D eigenvalue weighted by Gasteiger charge is 2.26. The van der Waals surface area contributed by atoms with Crippen LogP contribution in [0.2, 0.25) is 0 Å². The van der Waals surface area contributed by atoms with E-state index in [1.165, 1.54) is 28.0 Å². The molecule has 0 fully saturated rings. The van der Waals surface area contributed by atoms with E-state index in [-0.39, 0.29) is 17.7 Å². The van der Waals surface area contributed by atoms with Gasteiger partial charge < -0.3 is 10.2 Å². The summed E-state index contributed by atoms with van der Waals surface area (Å²) in [4.78, 5) is 33.8. The predicted molar refractivity (Wildman–Crippen MR) is 132 cm³/mol. The lowest BCUT2D eigenvalue weighted by Gasteiger charge is -2.27. The minimum Gasteiger partial charge on any atom is -0.312 e. The molecule has 0 saturated carbocycles. The minimum atomic E-state index is -0.0351. The normalized spacial score (nSPS) is 15.4. The number of fused-ring (bicyclic) bond motifs is 2.